The molecular formula is C14H11FNO5-. The lowest BCUT2D eigenvalue weighted by Crippen LogP contribution is -2.41. The Hall–Kier alpha value is -2.70. The number of aliphatic carboxylic acids is 1. The minimum absolute atomic E-state index is 0.193. The zero-order valence-electron chi connectivity index (χ0n) is 11.0. The molecule has 0 aliphatic carbocycles. The van der Waals surface area contributed by atoms with Crippen LogP contribution in [0.2, 0.25) is 0 Å². The van der Waals surface area contributed by atoms with Crippen LogP contribution in [0.1, 0.15) is 18.5 Å². The maximum absolute atomic E-state index is 13.3. The van der Waals surface area contributed by atoms with Crippen LogP contribution in [-0.2, 0) is 14.4 Å². The van der Waals surface area contributed by atoms with Crippen molar-refractivity contribution in [2.75, 3.05) is 6.54 Å². The van der Waals surface area contributed by atoms with E-state index in [1.807, 2.05) is 0 Å². The van der Waals surface area contributed by atoms with Crippen LogP contribution in [0.4, 0.5) is 4.39 Å². The standard InChI is InChI=1S/C14H12FNO5/c1-7(17)11-12(8-3-2-4-9(15)5-8)16(6-10(18)19)14(21)13(11)20/h2-5,12,20H,6H2,1H3,(H,18,19)/p-1. The number of amides is 1. The molecule has 2 rings (SSSR count). The molecule has 1 amide bonds. The average molecular weight is 292 g/mol. The molecule has 21 heavy (non-hydrogen) atoms. The van der Waals surface area contributed by atoms with Gasteiger partial charge in [-0.25, -0.2) is 4.39 Å². The molecule has 0 radical (unpaired) electrons. The molecule has 0 saturated carbocycles. The Bertz CT molecular complexity index is 667. The SMILES string of the molecule is CC(=O)C1=C(O)C(=O)N(CC(=O)[O-])C1c1cccc(F)c1. The number of aliphatic hydroxyl groups is 1. The van der Waals surface area contributed by atoms with E-state index in [9.17, 15) is 29.0 Å². The number of Topliss-reactive ketones (excluding diaryl/α,β-unsaturated/α-hetero) is 1. The number of carboxylic acid groups (broad SMARTS) is 1. The fourth-order valence-corrected chi connectivity index (χ4v) is 2.34. The maximum Gasteiger partial charge on any atom is 0.290 e. The first-order chi connectivity index (χ1) is 9.82. The average Bonchev–Trinajstić information content (AvgIpc) is 2.63. The molecule has 1 aromatic carbocycles. The predicted octanol–water partition coefficient (Wildman–Crippen LogP) is -0.140. The monoisotopic (exact) mass is 292 g/mol. The molecule has 0 aromatic heterocycles. The summed E-state index contributed by atoms with van der Waals surface area (Å²) < 4.78 is 13.3. The maximum atomic E-state index is 13.3. The summed E-state index contributed by atoms with van der Waals surface area (Å²) in [6, 6.07) is 3.88. The van der Waals surface area contributed by atoms with Gasteiger partial charge in [-0.2, -0.15) is 0 Å². The van der Waals surface area contributed by atoms with E-state index in [-0.39, 0.29) is 11.1 Å². The molecule has 1 aliphatic rings. The Morgan fingerprint density at radius 1 is 1.43 bits per heavy atom. The first kappa shape index (κ1) is 14.7. The van der Waals surface area contributed by atoms with E-state index in [0.29, 0.717) is 0 Å². The molecule has 1 aromatic rings. The van der Waals surface area contributed by atoms with Gasteiger partial charge in [0.25, 0.3) is 5.91 Å². The van der Waals surface area contributed by atoms with Crippen LogP contribution in [-0.4, -0.2) is 34.2 Å². The molecule has 1 atom stereocenters. The van der Waals surface area contributed by atoms with Crippen molar-refractivity contribution in [1.82, 2.24) is 4.90 Å². The van der Waals surface area contributed by atoms with Crippen LogP contribution >= 0.6 is 0 Å². The van der Waals surface area contributed by atoms with Crippen molar-refractivity contribution in [1.29, 1.82) is 0 Å². The number of halogens is 1. The van der Waals surface area contributed by atoms with Crippen molar-refractivity contribution in [2.45, 2.75) is 13.0 Å². The van der Waals surface area contributed by atoms with Gasteiger partial charge in [-0.3, -0.25) is 9.59 Å². The molecule has 7 heteroatoms. The summed E-state index contributed by atoms with van der Waals surface area (Å²) in [5.74, 6) is -4.59. The van der Waals surface area contributed by atoms with Crippen molar-refractivity contribution in [3.05, 3.63) is 47.0 Å². The van der Waals surface area contributed by atoms with E-state index in [4.69, 9.17) is 0 Å². The normalized spacial score (nSPS) is 18.3. The smallest absolute Gasteiger partial charge is 0.290 e. The van der Waals surface area contributed by atoms with Gasteiger partial charge in [-0.1, -0.05) is 12.1 Å². The number of carbonyl (C=O) groups excluding carboxylic acids is 3. The van der Waals surface area contributed by atoms with Gasteiger partial charge in [-0.05, 0) is 24.6 Å². The van der Waals surface area contributed by atoms with Crippen molar-refractivity contribution in [3.8, 4) is 0 Å². The summed E-state index contributed by atoms with van der Waals surface area (Å²) in [6.07, 6.45) is 0. The Labute approximate surface area is 119 Å². The molecule has 1 heterocycles. The lowest BCUT2D eigenvalue weighted by molar-refractivity contribution is -0.306. The zero-order valence-corrected chi connectivity index (χ0v) is 11.0. The number of carboxylic acids is 1. The van der Waals surface area contributed by atoms with E-state index in [0.717, 1.165) is 17.9 Å². The quantitative estimate of drug-likeness (QED) is 0.833. The summed E-state index contributed by atoms with van der Waals surface area (Å²) in [5, 5.41) is 20.5. The Balaban J connectivity index is 2.56. The number of nitrogens with zero attached hydrogens (tertiary/aromatic N) is 1. The van der Waals surface area contributed by atoms with Gasteiger partial charge in [0, 0.05) is 0 Å². The van der Waals surface area contributed by atoms with Gasteiger partial charge >= 0.3 is 0 Å². The highest BCUT2D eigenvalue weighted by molar-refractivity contribution is 6.08. The van der Waals surface area contributed by atoms with E-state index in [2.05, 4.69) is 0 Å². The van der Waals surface area contributed by atoms with Crippen LogP contribution in [0.25, 0.3) is 0 Å². The number of rotatable bonds is 4. The van der Waals surface area contributed by atoms with Crippen molar-refractivity contribution < 1.29 is 29.0 Å². The van der Waals surface area contributed by atoms with Crippen LogP contribution < -0.4 is 5.11 Å². The molecule has 0 bridgehead atoms. The minimum atomic E-state index is -1.55. The van der Waals surface area contributed by atoms with E-state index in [1.165, 1.54) is 18.2 Å². The summed E-state index contributed by atoms with van der Waals surface area (Å²) in [5.41, 5.74) is -0.0642. The van der Waals surface area contributed by atoms with Gasteiger partial charge in [-0.15, -0.1) is 0 Å². The largest absolute Gasteiger partial charge is 0.548 e. The number of ketones is 1. The highest BCUT2D eigenvalue weighted by atomic mass is 19.1. The molecular weight excluding hydrogens is 281 g/mol. The molecule has 110 valence electrons. The van der Waals surface area contributed by atoms with Gasteiger partial charge in [0.15, 0.2) is 11.5 Å². The van der Waals surface area contributed by atoms with Crippen LogP contribution in [0, 0.1) is 5.82 Å². The molecule has 0 spiro atoms. The second-order valence-corrected chi connectivity index (χ2v) is 4.58. The molecule has 0 fully saturated rings. The van der Waals surface area contributed by atoms with Gasteiger partial charge in [0.2, 0.25) is 0 Å². The third-order valence-electron chi connectivity index (χ3n) is 3.15. The van der Waals surface area contributed by atoms with Crippen LogP contribution in [0.3, 0.4) is 0 Å². The Kier molecular flexibility index (Phi) is 3.75. The number of hydrogen-bond acceptors (Lipinski definition) is 5. The highest BCUT2D eigenvalue weighted by Crippen LogP contribution is 2.37. The summed E-state index contributed by atoms with van der Waals surface area (Å²) in [7, 11) is 0. The fraction of sp³-hybridized carbons (Fsp3) is 0.214. The summed E-state index contributed by atoms with van der Waals surface area (Å²) >= 11 is 0. The lowest BCUT2D eigenvalue weighted by Gasteiger charge is -2.26. The van der Waals surface area contributed by atoms with E-state index >= 15 is 0 Å². The highest BCUT2D eigenvalue weighted by Gasteiger charge is 2.42. The minimum Gasteiger partial charge on any atom is -0.548 e. The van der Waals surface area contributed by atoms with Gasteiger partial charge in [0.05, 0.1) is 24.1 Å². The fourth-order valence-electron chi connectivity index (χ4n) is 2.34. The van der Waals surface area contributed by atoms with Crippen molar-refractivity contribution >= 4 is 17.7 Å². The van der Waals surface area contributed by atoms with Crippen molar-refractivity contribution in [2.24, 2.45) is 0 Å². The molecule has 1 aliphatic heterocycles. The number of hydrogen-bond donors (Lipinski definition) is 1. The summed E-state index contributed by atoms with van der Waals surface area (Å²) in [6.45, 7) is 0.314. The van der Waals surface area contributed by atoms with Crippen molar-refractivity contribution in [3.63, 3.8) is 0 Å². The Morgan fingerprint density at radius 2 is 2.10 bits per heavy atom. The molecule has 1 N–H and O–H groups in total. The molecule has 0 saturated heterocycles. The van der Waals surface area contributed by atoms with Crippen LogP contribution in [0.15, 0.2) is 35.6 Å². The molecule has 1 unspecified atom stereocenters. The third kappa shape index (κ3) is 2.62. The second-order valence-electron chi connectivity index (χ2n) is 4.58. The topological polar surface area (TPSA) is 97.7 Å². The summed E-state index contributed by atoms with van der Waals surface area (Å²) in [4.78, 5) is 35.1. The number of benzene rings is 1. The first-order valence-corrected chi connectivity index (χ1v) is 6.03. The van der Waals surface area contributed by atoms with Gasteiger partial charge in [0.1, 0.15) is 5.82 Å². The number of aliphatic hydroxyl groups excluding tert-OH is 1. The van der Waals surface area contributed by atoms with E-state index < -0.39 is 41.8 Å². The Morgan fingerprint density at radius 3 is 2.62 bits per heavy atom. The lowest BCUT2D eigenvalue weighted by atomic mass is 9.97. The first-order valence-electron chi connectivity index (χ1n) is 6.03. The third-order valence-corrected chi connectivity index (χ3v) is 3.15. The molecule has 6 nitrogen and oxygen atoms in total. The van der Waals surface area contributed by atoms with Crippen LogP contribution in [0.5, 0.6) is 0 Å². The number of carbonyl (C=O) groups is 3. The van der Waals surface area contributed by atoms with E-state index in [1.54, 1.807) is 0 Å². The van der Waals surface area contributed by atoms with Gasteiger partial charge < -0.3 is 19.9 Å². The zero-order chi connectivity index (χ0) is 15.7. The second kappa shape index (κ2) is 5.35. The predicted molar refractivity (Wildman–Crippen MR) is 66.2 cm³/mol.